The lowest BCUT2D eigenvalue weighted by molar-refractivity contribution is -0.0722. The highest BCUT2D eigenvalue weighted by Gasteiger charge is 2.42. The Kier molecular flexibility index (Phi) is 4.44. The van der Waals surface area contributed by atoms with Crippen molar-refractivity contribution < 1.29 is 13.9 Å². The summed E-state index contributed by atoms with van der Waals surface area (Å²) >= 11 is 0. The summed E-state index contributed by atoms with van der Waals surface area (Å²) in [7, 11) is -0.0528. The van der Waals surface area contributed by atoms with Crippen LogP contribution >= 0.6 is 0 Å². The molecule has 0 unspecified atom stereocenters. The van der Waals surface area contributed by atoms with Gasteiger partial charge in [-0.25, -0.2) is 0 Å². The van der Waals surface area contributed by atoms with Crippen molar-refractivity contribution >= 4 is 8.32 Å². The van der Waals surface area contributed by atoms with Crippen LogP contribution in [-0.4, -0.2) is 33.7 Å². The van der Waals surface area contributed by atoms with E-state index in [0.29, 0.717) is 0 Å². The molecule has 100 valence electrons. The maximum Gasteiger partial charge on any atom is 0.193 e. The molecular weight excluding hydrogens is 232 g/mol. The molecule has 1 aliphatic heterocycles. The van der Waals surface area contributed by atoms with E-state index < -0.39 is 8.32 Å². The summed E-state index contributed by atoms with van der Waals surface area (Å²) in [5, 5.41) is 0.209. The van der Waals surface area contributed by atoms with E-state index in [1.165, 1.54) is 0 Å². The number of methoxy groups -OCH3 is 1. The minimum absolute atomic E-state index is 0.00430. The summed E-state index contributed by atoms with van der Waals surface area (Å²) in [4.78, 5) is 0. The molecular formula is C13H26O3Si. The summed E-state index contributed by atoms with van der Waals surface area (Å²) in [5.74, 6) is 0. The highest BCUT2D eigenvalue weighted by atomic mass is 28.4. The van der Waals surface area contributed by atoms with Gasteiger partial charge in [-0.15, -0.1) is 0 Å². The number of hydrogen-bond acceptors (Lipinski definition) is 3. The molecule has 0 fully saturated rings. The topological polar surface area (TPSA) is 27.7 Å². The normalized spacial score (nSPS) is 30.2. The molecule has 0 spiro atoms. The predicted molar refractivity (Wildman–Crippen MR) is 72.6 cm³/mol. The van der Waals surface area contributed by atoms with Gasteiger partial charge in [0.15, 0.2) is 8.32 Å². The van der Waals surface area contributed by atoms with Crippen molar-refractivity contribution in [2.24, 2.45) is 0 Å². The molecule has 0 saturated carbocycles. The predicted octanol–water partition coefficient (Wildman–Crippen LogP) is 3.32. The zero-order valence-electron chi connectivity index (χ0n) is 12.1. The van der Waals surface area contributed by atoms with Gasteiger partial charge in [0.1, 0.15) is 12.2 Å². The summed E-state index contributed by atoms with van der Waals surface area (Å²) in [6.07, 6.45) is 3.73. The van der Waals surface area contributed by atoms with Gasteiger partial charge < -0.3 is 13.9 Å². The largest absolute Gasteiger partial charge is 0.496 e. The molecule has 0 saturated heterocycles. The molecule has 0 amide bonds. The van der Waals surface area contributed by atoms with Gasteiger partial charge in [0.05, 0.1) is 12.4 Å². The van der Waals surface area contributed by atoms with E-state index in [1.54, 1.807) is 13.4 Å². The first-order valence-electron chi connectivity index (χ1n) is 6.22. The molecule has 3 atom stereocenters. The second-order valence-corrected chi connectivity index (χ2v) is 11.0. The molecule has 0 aromatic carbocycles. The zero-order chi connectivity index (χ0) is 13.3. The Bertz CT molecular complexity index is 281. The van der Waals surface area contributed by atoms with E-state index in [0.717, 1.165) is 0 Å². The third-order valence-electron chi connectivity index (χ3n) is 3.86. The van der Waals surface area contributed by atoms with E-state index >= 15 is 0 Å². The van der Waals surface area contributed by atoms with Gasteiger partial charge in [-0.05, 0) is 31.1 Å². The molecule has 3 nitrogen and oxygen atoms in total. The van der Waals surface area contributed by atoms with E-state index in [1.807, 2.05) is 13.0 Å². The van der Waals surface area contributed by atoms with Crippen molar-refractivity contribution in [1.82, 2.24) is 0 Å². The average Bonchev–Trinajstić information content (AvgIpc) is 2.15. The van der Waals surface area contributed by atoms with Crippen LogP contribution in [0.2, 0.25) is 18.1 Å². The van der Waals surface area contributed by atoms with Crippen molar-refractivity contribution in [2.75, 3.05) is 7.11 Å². The van der Waals surface area contributed by atoms with E-state index in [2.05, 4.69) is 33.9 Å². The minimum atomic E-state index is -1.77. The first-order valence-corrected chi connectivity index (χ1v) is 9.12. The Morgan fingerprint density at radius 3 is 2.29 bits per heavy atom. The van der Waals surface area contributed by atoms with Crippen molar-refractivity contribution in [1.29, 1.82) is 0 Å². The van der Waals surface area contributed by atoms with Gasteiger partial charge in [-0.1, -0.05) is 20.8 Å². The molecule has 1 heterocycles. The molecule has 0 aliphatic carbocycles. The number of ether oxygens (including phenoxy) is 2. The van der Waals surface area contributed by atoms with Crippen molar-refractivity contribution in [3.63, 3.8) is 0 Å². The van der Waals surface area contributed by atoms with Crippen molar-refractivity contribution in [3.8, 4) is 0 Å². The lowest BCUT2D eigenvalue weighted by Gasteiger charge is -2.42. The van der Waals surface area contributed by atoms with Gasteiger partial charge in [0.25, 0.3) is 0 Å². The molecule has 0 radical (unpaired) electrons. The Morgan fingerprint density at radius 2 is 1.82 bits per heavy atom. The average molecular weight is 258 g/mol. The Labute approximate surface area is 106 Å². The molecule has 4 heteroatoms. The maximum atomic E-state index is 6.36. The van der Waals surface area contributed by atoms with Crippen molar-refractivity contribution in [2.45, 2.75) is 64.1 Å². The van der Waals surface area contributed by atoms with Crippen LogP contribution in [0.3, 0.4) is 0 Å². The smallest absolute Gasteiger partial charge is 0.193 e. The summed E-state index contributed by atoms with van der Waals surface area (Å²) in [6, 6.07) is 0. The fourth-order valence-electron chi connectivity index (χ4n) is 1.65. The van der Waals surface area contributed by atoms with Crippen LogP contribution in [-0.2, 0) is 13.9 Å². The van der Waals surface area contributed by atoms with Crippen LogP contribution in [0.5, 0.6) is 0 Å². The first kappa shape index (κ1) is 14.7. The lowest BCUT2D eigenvalue weighted by atomic mass is 10.1. The summed E-state index contributed by atoms with van der Waals surface area (Å²) in [5.41, 5.74) is 0. The van der Waals surface area contributed by atoms with E-state index in [-0.39, 0.29) is 23.4 Å². The Morgan fingerprint density at radius 1 is 1.24 bits per heavy atom. The standard InChI is InChI=1S/C13H26O3Si/c1-10-12(14-5)11(8-9-15-10)16-17(6,7)13(2,3)4/h8-12H,1-7H3/t10-,11-,12-/m0/s1. The third kappa shape index (κ3) is 3.33. The highest BCUT2D eigenvalue weighted by molar-refractivity contribution is 6.74. The number of rotatable bonds is 3. The summed E-state index contributed by atoms with van der Waals surface area (Å²) < 4.78 is 17.3. The SMILES string of the molecule is CO[C@H]1[C@H](C)OC=C[C@@H]1O[Si](C)(C)C(C)(C)C. The molecule has 17 heavy (non-hydrogen) atoms. The van der Waals surface area contributed by atoms with Gasteiger partial charge in [0.2, 0.25) is 0 Å². The third-order valence-corrected chi connectivity index (χ3v) is 8.33. The van der Waals surface area contributed by atoms with Gasteiger partial charge in [-0.2, -0.15) is 0 Å². The second kappa shape index (κ2) is 5.12. The molecule has 0 aromatic rings. The summed E-state index contributed by atoms with van der Waals surface area (Å²) in [6.45, 7) is 13.3. The van der Waals surface area contributed by atoms with Gasteiger partial charge >= 0.3 is 0 Å². The van der Waals surface area contributed by atoms with Gasteiger partial charge in [-0.3, -0.25) is 0 Å². The van der Waals surface area contributed by atoms with Crippen molar-refractivity contribution in [3.05, 3.63) is 12.3 Å². The first-order chi connectivity index (χ1) is 7.69. The fraction of sp³-hybridized carbons (Fsp3) is 0.846. The fourth-order valence-corrected chi connectivity index (χ4v) is 2.90. The van der Waals surface area contributed by atoms with Crippen LogP contribution in [0.15, 0.2) is 12.3 Å². The van der Waals surface area contributed by atoms with Crippen LogP contribution in [0.1, 0.15) is 27.7 Å². The Balaban J connectivity index is 2.79. The lowest BCUT2D eigenvalue weighted by Crippen LogP contribution is -2.50. The molecule has 1 aliphatic rings. The van der Waals surface area contributed by atoms with E-state index in [9.17, 15) is 0 Å². The van der Waals surface area contributed by atoms with Gasteiger partial charge in [0, 0.05) is 7.11 Å². The molecule has 0 N–H and O–H groups in total. The van der Waals surface area contributed by atoms with E-state index in [4.69, 9.17) is 13.9 Å². The van der Waals surface area contributed by atoms with Crippen LogP contribution < -0.4 is 0 Å². The second-order valence-electron chi connectivity index (χ2n) is 6.21. The molecule has 0 aromatic heterocycles. The monoisotopic (exact) mass is 258 g/mol. The quantitative estimate of drug-likeness (QED) is 0.727. The molecule has 0 bridgehead atoms. The molecule has 1 rings (SSSR count). The van der Waals surface area contributed by atoms with Crippen LogP contribution in [0.25, 0.3) is 0 Å². The van der Waals surface area contributed by atoms with Crippen LogP contribution in [0, 0.1) is 0 Å². The number of hydrogen-bond donors (Lipinski definition) is 0. The minimum Gasteiger partial charge on any atom is -0.496 e. The van der Waals surface area contributed by atoms with Crippen LogP contribution in [0.4, 0.5) is 0 Å². The Hall–Kier alpha value is -0.323. The maximum absolute atomic E-state index is 6.36. The zero-order valence-corrected chi connectivity index (χ0v) is 13.1. The highest BCUT2D eigenvalue weighted by Crippen LogP contribution is 2.38.